The van der Waals surface area contributed by atoms with Gasteiger partial charge in [-0.05, 0) is 48.6 Å². The van der Waals surface area contributed by atoms with Crippen LogP contribution < -0.4 is 0 Å². The van der Waals surface area contributed by atoms with Crippen molar-refractivity contribution < 1.29 is 4.79 Å². The van der Waals surface area contributed by atoms with E-state index in [9.17, 15) is 4.79 Å². The maximum absolute atomic E-state index is 12.7. The van der Waals surface area contributed by atoms with Gasteiger partial charge >= 0.3 is 0 Å². The van der Waals surface area contributed by atoms with Crippen LogP contribution in [0, 0.1) is 13.8 Å². The molecule has 0 radical (unpaired) electrons. The van der Waals surface area contributed by atoms with Gasteiger partial charge in [-0.3, -0.25) is 4.79 Å². The molecular formula is C20H21NO. The molecule has 0 bridgehead atoms. The maximum atomic E-state index is 12.7. The standard InChI is InChI=1S/C20H21NO/c1-15-7-6-10-19(16(15)2)20(22)21-13-11-18(12-14-21)17-8-4-3-5-9-17/h3-11H,12-14H2,1-2H3. The van der Waals surface area contributed by atoms with E-state index >= 15 is 0 Å². The summed E-state index contributed by atoms with van der Waals surface area (Å²) in [5.41, 5.74) is 5.69. The van der Waals surface area contributed by atoms with Gasteiger partial charge in [-0.1, -0.05) is 48.5 Å². The van der Waals surface area contributed by atoms with Crippen LogP contribution >= 0.6 is 0 Å². The van der Waals surface area contributed by atoms with Crippen LogP contribution in [0.25, 0.3) is 5.57 Å². The van der Waals surface area contributed by atoms with E-state index in [-0.39, 0.29) is 5.91 Å². The Bertz CT molecular complexity index is 716. The molecule has 0 aliphatic carbocycles. The Morgan fingerprint density at radius 3 is 2.45 bits per heavy atom. The highest BCUT2D eigenvalue weighted by atomic mass is 16.2. The van der Waals surface area contributed by atoms with Crippen molar-refractivity contribution in [2.45, 2.75) is 20.3 Å². The van der Waals surface area contributed by atoms with E-state index in [2.05, 4.69) is 43.3 Å². The van der Waals surface area contributed by atoms with Gasteiger partial charge in [0.15, 0.2) is 0 Å². The predicted molar refractivity (Wildman–Crippen MR) is 90.9 cm³/mol. The minimum atomic E-state index is 0.143. The van der Waals surface area contributed by atoms with Gasteiger partial charge in [-0.25, -0.2) is 0 Å². The molecule has 1 aliphatic rings. The van der Waals surface area contributed by atoms with Crippen molar-refractivity contribution in [2.75, 3.05) is 13.1 Å². The van der Waals surface area contributed by atoms with Crippen LogP contribution in [0.5, 0.6) is 0 Å². The maximum Gasteiger partial charge on any atom is 0.254 e. The fourth-order valence-corrected chi connectivity index (χ4v) is 2.92. The molecule has 0 fully saturated rings. The number of benzene rings is 2. The van der Waals surface area contributed by atoms with E-state index in [0.717, 1.165) is 24.1 Å². The number of carbonyl (C=O) groups is 1. The fraction of sp³-hybridized carbons (Fsp3) is 0.250. The minimum absolute atomic E-state index is 0.143. The Kier molecular flexibility index (Phi) is 4.10. The van der Waals surface area contributed by atoms with Gasteiger partial charge in [-0.15, -0.1) is 0 Å². The highest BCUT2D eigenvalue weighted by molar-refractivity contribution is 5.96. The van der Waals surface area contributed by atoms with Crippen molar-refractivity contribution in [1.29, 1.82) is 0 Å². The lowest BCUT2D eigenvalue weighted by Gasteiger charge is -2.27. The van der Waals surface area contributed by atoms with Crippen LogP contribution in [-0.2, 0) is 0 Å². The molecule has 0 unspecified atom stereocenters. The van der Waals surface area contributed by atoms with Crippen molar-refractivity contribution in [3.05, 3.63) is 76.9 Å². The highest BCUT2D eigenvalue weighted by Gasteiger charge is 2.20. The number of carbonyl (C=O) groups excluding carboxylic acids is 1. The van der Waals surface area contributed by atoms with Crippen LogP contribution in [0.3, 0.4) is 0 Å². The summed E-state index contributed by atoms with van der Waals surface area (Å²) < 4.78 is 0. The van der Waals surface area contributed by atoms with Crippen LogP contribution in [0.1, 0.15) is 33.5 Å². The second-order valence-electron chi connectivity index (χ2n) is 5.84. The Morgan fingerprint density at radius 2 is 1.77 bits per heavy atom. The molecule has 112 valence electrons. The van der Waals surface area contributed by atoms with Gasteiger partial charge < -0.3 is 4.90 Å². The monoisotopic (exact) mass is 291 g/mol. The van der Waals surface area contributed by atoms with Gasteiger partial charge in [0, 0.05) is 18.7 Å². The Hall–Kier alpha value is -2.35. The summed E-state index contributed by atoms with van der Waals surface area (Å²) in [5, 5.41) is 0. The second kappa shape index (κ2) is 6.18. The van der Waals surface area contributed by atoms with Gasteiger partial charge in [0.1, 0.15) is 0 Å². The van der Waals surface area contributed by atoms with Gasteiger partial charge in [0.05, 0.1) is 0 Å². The van der Waals surface area contributed by atoms with Gasteiger partial charge in [-0.2, -0.15) is 0 Å². The lowest BCUT2D eigenvalue weighted by Crippen LogP contribution is -2.35. The van der Waals surface area contributed by atoms with E-state index in [1.807, 2.05) is 30.0 Å². The van der Waals surface area contributed by atoms with E-state index in [4.69, 9.17) is 0 Å². The molecular weight excluding hydrogens is 270 g/mol. The predicted octanol–water partition coefficient (Wildman–Crippen LogP) is 4.23. The zero-order valence-corrected chi connectivity index (χ0v) is 13.2. The van der Waals surface area contributed by atoms with Crippen molar-refractivity contribution in [3.8, 4) is 0 Å². The topological polar surface area (TPSA) is 20.3 Å². The van der Waals surface area contributed by atoms with Crippen LogP contribution in [0.15, 0.2) is 54.6 Å². The summed E-state index contributed by atoms with van der Waals surface area (Å²) in [7, 11) is 0. The lowest BCUT2D eigenvalue weighted by molar-refractivity contribution is 0.0772. The first kappa shape index (κ1) is 14.6. The number of amides is 1. The summed E-state index contributed by atoms with van der Waals surface area (Å²) in [6.45, 7) is 5.55. The lowest BCUT2D eigenvalue weighted by atomic mass is 9.98. The highest BCUT2D eigenvalue weighted by Crippen LogP contribution is 2.24. The number of rotatable bonds is 2. The molecule has 1 amide bonds. The molecule has 3 rings (SSSR count). The third-order valence-electron chi connectivity index (χ3n) is 4.48. The average Bonchev–Trinajstić information content (AvgIpc) is 2.58. The third-order valence-corrected chi connectivity index (χ3v) is 4.48. The van der Waals surface area contributed by atoms with Crippen LogP contribution in [0.2, 0.25) is 0 Å². The molecule has 1 heterocycles. The zero-order valence-electron chi connectivity index (χ0n) is 13.2. The summed E-state index contributed by atoms with van der Waals surface area (Å²) in [4.78, 5) is 14.7. The Labute approximate surface area is 132 Å². The molecule has 0 N–H and O–H groups in total. The molecule has 2 nitrogen and oxygen atoms in total. The summed E-state index contributed by atoms with van der Waals surface area (Å²) in [5.74, 6) is 0.143. The van der Waals surface area contributed by atoms with Crippen molar-refractivity contribution >= 4 is 11.5 Å². The van der Waals surface area contributed by atoms with Gasteiger partial charge in [0.25, 0.3) is 5.91 Å². The first-order valence-corrected chi connectivity index (χ1v) is 7.77. The van der Waals surface area contributed by atoms with E-state index in [1.54, 1.807) is 0 Å². The summed E-state index contributed by atoms with van der Waals surface area (Å²) in [6.07, 6.45) is 3.10. The first-order chi connectivity index (χ1) is 10.7. The van der Waals surface area contributed by atoms with Crippen molar-refractivity contribution in [3.63, 3.8) is 0 Å². The van der Waals surface area contributed by atoms with Crippen LogP contribution in [0.4, 0.5) is 0 Å². The molecule has 0 aromatic heterocycles. The quantitative estimate of drug-likeness (QED) is 0.810. The zero-order chi connectivity index (χ0) is 15.5. The normalized spacial score (nSPS) is 14.6. The van der Waals surface area contributed by atoms with E-state index in [1.165, 1.54) is 16.7 Å². The molecule has 2 aromatic carbocycles. The molecule has 2 aromatic rings. The average molecular weight is 291 g/mol. The molecule has 22 heavy (non-hydrogen) atoms. The minimum Gasteiger partial charge on any atom is -0.335 e. The van der Waals surface area contributed by atoms with E-state index < -0.39 is 0 Å². The Morgan fingerprint density at radius 1 is 1.00 bits per heavy atom. The van der Waals surface area contributed by atoms with Crippen molar-refractivity contribution in [2.24, 2.45) is 0 Å². The molecule has 0 saturated heterocycles. The largest absolute Gasteiger partial charge is 0.335 e. The number of hydrogen-bond donors (Lipinski definition) is 0. The molecule has 2 heteroatoms. The summed E-state index contributed by atoms with van der Waals surface area (Å²) >= 11 is 0. The molecule has 1 aliphatic heterocycles. The third kappa shape index (κ3) is 2.82. The van der Waals surface area contributed by atoms with Crippen LogP contribution in [-0.4, -0.2) is 23.9 Å². The summed E-state index contributed by atoms with van der Waals surface area (Å²) in [6, 6.07) is 16.4. The molecule has 0 saturated carbocycles. The SMILES string of the molecule is Cc1cccc(C(=O)N2CC=C(c3ccccc3)CC2)c1C. The number of aryl methyl sites for hydroxylation is 1. The van der Waals surface area contributed by atoms with Gasteiger partial charge in [0.2, 0.25) is 0 Å². The number of nitrogens with zero attached hydrogens (tertiary/aromatic N) is 1. The second-order valence-corrected chi connectivity index (χ2v) is 5.84. The van der Waals surface area contributed by atoms with E-state index in [0.29, 0.717) is 6.54 Å². The molecule has 0 atom stereocenters. The molecule has 0 spiro atoms. The van der Waals surface area contributed by atoms with Crippen molar-refractivity contribution in [1.82, 2.24) is 4.90 Å². The smallest absolute Gasteiger partial charge is 0.254 e. The first-order valence-electron chi connectivity index (χ1n) is 7.77. The fourth-order valence-electron chi connectivity index (χ4n) is 2.92. The number of hydrogen-bond acceptors (Lipinski definition) is 1. The Balaban J connectivity index is 1.77.